The summed E-state index contributed by atoms with van der Waals surface area (Å²) in [7, 11) is 0. The summed E-state index contributed by atoms with van der Waals surface area (Å²) < 4.78 is 0. The van der Waals surface area contributed by atoms with E-state index in [1.54, 1.807) is 17.9 Å². The molecule has 2 heterocycles. The lowest BCUT2D eigenvalue weighted by Crippen LogP contribution is -2.33. The number of rotatable bonds is 4. The molecule has 102 valence electrons. The molecule has 0 aliphatic carbocycles. The third kappa shape index (κ3) is 3.21. The Morgan fingerprint density at radius 3 is 2.74 bits per heavy atom. The summed E-state index contributed by atoms with van der Waals surface area (Å²) in [6, 6.07) is 1.64. The number of carboxylic acid groups (broad SMARTS) is 1. The fraction of sp³-hybridized carbons (Fsp3) is 0.462. The predicted molar refractivity (Wildman–Crippen MR) is 70.2 cm³/mol. The highest BCUT2D eigenvalue weighted by molar-refractivity contribution is 5.94. The van der Waals surface area contributed by atoms with Crippen LogP contribution in [-0.2, 0) is 4.79 Å². The number of likely N-dealkylation sites (tertiary alicyclic amines) is 1. The van der Waals surface area contributed by atoms with Crippen LogP contribution in [-0.4, -0.2) is 46.5 Å². The van der Waals surface area contributed by atoms with Gasteiger partial charge in [0.2, 0.25) is 5.91 Å². The highest BCUT2D eigenvalue weighted by atomic mass is 16.4. The van der Waals surface area contributed by atoms with Crippen molar-refractivity contribution in [1.82, 2.24) is 9.88 Å². The number of anilines is 1. The van der Waals surface area contributed by atoms with Gasteiger partial charge in [0.1, 0.15) is 5.56 Å². The SMILES string of the molecule is Cc1cc(NCC(=O)N2CCCC2)c(C(=O)O)cn1. The molecule has 0 atom stereocenters. The zero-order valence-corrected chi connectivity index (χ0v) is 10.8. The van der Waals surface area contributed by atoms with E-state index in [1.165, 1.54) is 6.20 Å². The second-order valence-electron chi connectivity index (χ2n) is 4.62. The Hall–Kier alpha value is -2.11. The minimum absolute atomic E-state index is 0.00306. The molecule has 1 saturated heterocycles. The molecule has 1 aromatic rings. The zero-order chi connectivity index (χ0) is 13.8. The van der Waals surface area contributed by atoms with Crippen LogP contribution in [0.5, 0.6) is 0 Å². The monoisotopic (exact) mass is 263 g/mol. The number of aromatic nitrogens is 1. The summed E-state index contributed by atoms with van der Waals surface area (Å²) >= 11 is 0. The van der Waals surface area contributed by atoms with Gasteiger partial charge in [0.05, 0.1) is 12.2 Å². The number of aromatic carboxylic acids is 1. The molecule has 6 heteroatoms. The molecule has 2 rings (SSSR count). The number of amides is 1. The van der Waals surface area contributed by atoms with E-state index in [0.717, 1.165) is 25.9 Å². The van der Waals surface area contributed by atoms with Gasteiger partial charge in [-0.3, -0.25) is 9.78 Å². The Morgan fingerprint density at radius 2 is 2.11 bits per heavy atom. The second-order valence-corrected chi connectivity index (χ2v) is 4.62. The van der Waals surface area contributed by atoms with Gasteiger partial charge in [-0.1, -0.05) is 0 Å². The standard InChI is InChI=1S/C13H17N3O3/c1-9-6-11(10(7-14-9)13(18)19)15-8-12(17)16-4-2-3-5-16/h6-7H,2-5,8H2,1H3,(H,14,15)(H,18,19). The van der Waals surface area contributed by atoms with Crippen LogP contribution in [0.1, 0.15) is 28.9 Å². The third-order valence-electron chi connectivity index (χ3n) is 3.16. The molecule has 0 unspecified atom stereocenters. The molecule has 0 bridgehead atoms. The van der Waals surface area contributed by atoms with E-state index in [-0.39, 0.29) is 18.0 Å². The van der Waals surface area contributed by atoms with Crippen molar-refractivity contribution in [3.8, 4) is 0 Å². The van der Waals surface area contributed by atoms with Crippen molar-refractivity contribution >= 4 is 17.6 Å². The molecule has 1 aliphatic heterocycles. The number of nitrogens with one attached hydrogen (secondary N) is 1. The van der Waals surface area contributed by atoms with Crippen LogP contribution in [0.3, 0.4) is 0 Å². The first-order chi connectivity index (χ1) is 9.08. The summed E-state index contributed by atoms with van der Waals surface area (Å²) in [5.41, 5.74) is 1.23. The molecule has 1 aromatic heterocycles. The molecule has 1 aliphatic rings. The quantitative estimate of drug-likeness (QED) is 0.850. The van der Waals surface area contributed by atoms with Crippen molar-refractivity contribution in [2.45, 2.75) is 19.8 Å². The van der Waals surface area contributed by atoms with E-state index < -0.39 is 5.97 Å². The van der Waals surface area contributed by atoms with E-state index in [1.807, 2.05) is 0 Å². The van der Waals surface area contributed by atoms with Crippen LogP contribution in [0.2, 0.25) is 0 Å². The molecular weight excluding hydrogens is 246 g/mol. The van der Waals surface area contributed by atoms with E-state index in [9.17, 15) is 9.59 Å². The van der Waals surface area contributed by atoms with Crippen LogP contribution in [0.25, 0.3) is 0 Å². The Kier molecular flexibility index (Phi) is 3.99. The van der Waals surface area contributed by atoms with Gasteiger partial charge in [-0.05, 0) is 25.8 Å². The van der Waals surface area contributed by atoms with Gasteiger partial charge in [-0.2, -0.15) is 0 Å². The second kappa shape index (κ2) is 5.69. The molecule has 1 amide bonds. The van der Waals surface area contributed by atoms with Crippen molar-refractivity contribution < 1.29 is 14.7 Å². The maximum absolute atomic E-state index is 11.9. The van der Waals surface area contributed by atoms with Crippen LogP contribution in [0.15, 0.2) is 12.3 Å². The van der Waals surface area contributed by atoms with Crippen LogP contribution < -0.4 is 5.32 Å². The van der Waals surface area contributed by atoms with E-state index in [2.05, 4.69) is 10.3 Å². The van der Waals surface area contributed by atoms with Crippen molar-refractivity contribution in [3.63, 3.8) is 0 Å². The van der Waals surface area contributed by atoms with Gasteiger partial charge in [0.25, 0.3) is 0 Å². The lowest BCUT2D eigenvalue weighted by molar-refractivity contribution is -0.128. The van der Waals surface area contributed by atoms with Gasteiger partial charge >= 0.3 is 5.97 Å². The number of carbonyl (C=O) groups excluding carboxylic acids is 1. The lowest BCUT2D eigenvalue weighted by atomic mass is 10.2. The zero-order valence-electron chi connectivity index (χ0n) is 10.8. The third-order valence-corrected chi connectivity index (χ3v) is 3.16. The topological polar surface area (TPSA) is 82.5 Å². The minimum atomic E-state index is -1.05. The summed E-state index contributed by atoms with van der Waals surface area (Å²) in [4.78, 5) is 28.7. The van der Waals surface area contributed by atoms with Crippen molar-refractivity contribution in [3.05, 3.63) is 23.5 Å². The van der Waals surface area contributed by atoms with Gasteiger partial charge in [-0.25, -0.2) is 4.79 Å². The molecule has 19 heavy (non-hydrogen) atoms. The number of aryl methyl sites for hydroxylation is 1. The molecule has 6 nitrogen and oxygen atoms in total. The maximum atomic E-state index is 11.9. The highest BCUT2D eigenvalue weighted by Crippen LogP contribution is 2.16. The fourth-order valence-corrected chi connectivity index (χ4v) is 2.13. The molecular formula is C13H17N3O3. The molecule has 1 fully saturated rings. The summed E-state index contributed by atoms with van der Waals surface area (Å²) in [6.07, 6.45) is 3.39. The normalized spacial score (nSPS) is 14.5. The van der Waals surface area contributed by atoms with Gasteiger partial charge in [-0.15, -0.1) is 0 Å². The molecule has 0 saturated carbocycles. The first kappa shape index (κ1) is 13.3. The predicted octanol–water partition coefficient (Wildman–Crippen LogP) is 1.12. The summed E-state index contributed by atoms with van der Waals surface area (Å²) in [5, 5.41) is 12.0. The van der Waals surface area contributed by atoms with E-state index >= 15 is 0 Å². The Balaban J connectivity index is 2.04. The number of hydrogen-bond acceptors (Lipinski definition) is 4. The summed E-state index contributed by atoms with van der Waals surface area (Å²) in [6.45, 7) is 3.48. The average Bonchev–Trinajstić information content (AvgIpc) is 2.89. The van der Waals surface area contributed by atoms with Crippen molar-refractivity contribution in [2.75, 3.05) is 25.0 Å². The average molecular weight is 263 g/mol. The van der Waals surface area contributed by atoms with E-state index in [0.29, 0.717) is 11.4 Å². The largest absolute Gasteiger partial charge is 0.478 e. The molecule has 0 radical (unpaired) electrons. The Bertz CT molecular complexity index is 496. The van der Waals surface area contributed by atoms with Crippen molar-refractivity contribution in [2.24, 2.45) is 0 Å². The van der Waals surface area contributed by atoms with Crippen molar-refractivity contribution in [1.29, 1.82) is 0 Å². The number of nitrogens with zero attached hydrogens (tertiary/aromatic N) is 2. The maximum Gasteiger partial charge on any atom is 0.339 e. The van der Waals surface area contributed by atoms with Crippen LogP contribution in [0, 0.1) is 6.92 Å². The number of carbonyl (C=O) groups is 2. The number of pyridine rings is 1. The first-order valence-corrected chi connectivity index (χ1v) is 6.29. The highest BCUT2D eigenvalue weighted by Gasteiger charge is 2.18. The van der Waals surface area contributed by atoms with Crippen LogP contribution >= 0.6 is 0 Å². The Morgan fingerprint density at radius 1 is 1.42 bits per heavy atom. The summed E-state index contributed by atoms with van der Waals surface area (Å²) in [5.74, 6) is -1.05. The molecule has 2 N–H and O–H groups in total. The van der Waals surface area contributed by atoms with Gasteiger partial charge < -0.3 is 15.3 Å². The Labute approximate surface area is 111 Å². The smallest absolute Gasteiger partial charge is 0.339 e. The number of hydrogen-bond donors (Lipinski definition) is 2. The molecule has 0 spiro atoms. The van der Waals surface area contributed by atoms with E-state index in [4.69, 9.17) is 5.11 Å². The lowest BCUT2D eigenvalue weighted by Gasteiger charge is -2.16. The van der Waals surface area contributed by atoms with Gasteiger partial charge in [0, 0.05) is 25.0 Å². The number of carboxylic acids is 1. The first-order valence-electron chi connectivity index (χ1n) is 6.29. The van der Waals surface area contributed by atoms with Crippen LogP contribution in [0.4, 0.5) is 5.69 Å². The minimum Gasteiger partial charge on any atom is -0.478 e. The van der Waals surface area contributed by atoms with Gasteiger partial charge in [0.15, 0.2) is 0 Å². The molecule has 0 aromatic carbocycles. The fourth-order valence-electron chi connectivity index (χ4n) is 2.13.